The van der Waals surface area contributed by atoms with Crippen molar-refractivity contribution in [3.63, 3.8) is 0 Å². The Kier molecular flexibility index (Phi) is 4.26. The molecule has 1 unspecified atom stereocenters. The van der Waals surface area contributed by atoms with Crippen LogP contribution in [0.25, 0.3) is 0 Å². The summed E-state index contributed by atoms with van der Waals surface area (Å²) in [5.74, 6) is 0. The standard InChI is InChI=1S/C15H25NS/c1-4-12-7-9-17-14(12)11-16-13-6-5-8-15(2,3)10-13/h7,9,13,16H,4-6,8,10-11H2,1-3H3. The zero-order valence-electron chi connectivity index (χ0n) is 11.4. The van der Waals surface area contributed by atoms with Gasteiger partial charge in [-0.1, -0.05) is 27.2 Å². The van der Waals surface area contributed by atoms with Crippen LogP contribution in [0.15, 0.2) is 11.4 Å². The van der Waals surface area contributed by atoms with Crippen molar-refractivity contribution in [2.45, 2.75) is 65.5 Å². The second-order valence-corrected chi connectivity index (χ2v) is 7.06. The summed E-state index contributed by atoms with van der Waals surface area (Å²) in [4.78, 5) is 1.54. The van der Waals surface area contributed by atoms with Crippen LogP contribution in [0, 0.1) is 5.41 Å². The van der Waals surface area contributed by atoms with Crippen LogP contribution in [0.2, 0.25) is 0 Å². The Morgan fingerprint density at radius 1 is 1.47 bits per heavy atom. The van der Waals surface area contributed by atoms with Gasteiger partial charge in [-0.05, 0) is 48.1 Å². The van der Waals surface area contributed by atoms with Crippen LogP contribution in [0.3, 0.4) is 0 Å². The van der Waals surface area contributed by atoms with Crippen LogP contribution >= 0.6 is 11.3 Å². The van der Waals surface area contributed by atoms with E-state index in [0.717, 1.165) is 19.0 Å². The summed E-state index contributed by atoms with van der Waals surface area (Å²) < 4.78 is 0. The molecule has 0 aromatic carbocycles. The van der Waals surface area contributed by atoms with Gasteiger partial charge in [0.1, 0.15) is 0 Å². The Morgan fingerprint density at radius 3 is 3.00 bits per heavy atom. The molecule has 1 aromatic rings. The van der Waals surface area contributed by atoms with Crippen molar-refractivity contribution in [1.82, 2.24) is 5.32 Å². The van der Waals surface area contributed by atoms with Gasteiger partial charge in [-0.15, -0.1) is 11.3 Å². The second-order valence-electron chi connectivity index (χ2n) is 6.06. The number of hydrogen-bond donors (Lipinski definition) is 1. The van der Waals surface area contributed by atoms with Gasteiger partial charge >= 0.3 is 0 Å². The molecule has 1 atom stereocenters. The molecule has 96 valence electrons. The van der Waals surface area contributed by atoms with Crippen molar-refractivity contribution >= 4 is 11.3 Å². The van der Waals surface area contributed by atoms with E-state index in [2.05, 4.69) is 37.5 Å². The highest BCUT2D eigenvalue weighted by Gasteiger charge is 2.27. The highest BCUT2D eigenvalue weighted by Crippen LogP contribution is 2.35. The van der Waals surface area contributed by atoms with E-state index in [0.29, 0.717) is 5.41 Å². The van der Waals surface area contributed by atoms with Crippen LogP contribution in [0.1, 0.15) is 56.9 Å². The van der Waals surface area contributed by atoms with Crippen molar-refractivity contribution in [3.05, 3.63) is 21.9 Å². The lowest BCUT2D eigenvalue weighted by molar-refractivity contribution is 0.198. The number of rotatable bonds is 4. The van der Waals surface area contributed by atoms with Crippen molar-refractivity contribution in [1.29, 1.82) is 0 Å². The fourth-order valence-corrected chi connectivity index (χ4v) is 3.87. The highest BCUT2D eigenvalue weighted by molar-refractivity contribution is 7.10. The maximum absolute atomic E-state index is 3.76. The molecule has 0 aliphatic heterocycles. The van der Waals surface area contributed by atoms with Gasteiger partial charge in [0.05, 0.1) is 0 Å². The van der Waals surface area contributed by atoms with Crippen LogP contribution in [-0.2, 0) is 13.0 Å². The molecule has 0 saturated heterocycles. The molecule has 1 N–H and O–H groups in total. The lowest BCUT2D eigenvalue weighted by Gasteiger charge is -2.35. The summed E-state index contributed by atoms with van der Waals surface area (Å²) in [7, 11) is 0. The topological polar surface area (TPSA) is 12.0 Å². The Hall–Kier alpha value is -0.340. The third-order valence-electron chi connectivity index (χ3n) is 3.98. The Morgan fingerprint density at radius 2 is 2.29 bits per heavy atom. The molecule has 1 nitrogen and oxygen atoms in total. The monoisotopic (exact) mass is 251 g/mol. The van der Waals surface area contributed by atoms with Gasteiger partial charge in [0.15, 0.2) is 0 Å². The van der Waals surface area contributed by atoms with Gasteiger partial charge in [-0.3, -0.25) is 0 Å². The lowest BCUT2D eigenvalue weighted by atomic mass is 9.75. The normalized spacial score (nSPS) is 23.8. The number of nitrogens with one attached hydrogen (secondary N) is 1. The van der Waals surface area contributed by atoms with E-state index < -0.39 is 0 Å². The summed E-state index contributed by atoms with van der Waals surface area (Å²) in [6.07, 6.45) is 6.63. The number of thiophene rings is 1. The van der Waals surface area contributed by atoms with E-state index >= 15 is 0 Å². The van der Waals surface area contributed by atoms with Crippen LogP contribution in [-0.4, -0.2) is 6.04 Å². The molecule has 0 radical (unpaired) electrons. The Balaban J connectivity index is 1.86. The third kappa shape index (κ3) is 3.56. The first-order valence-corrected chi connectivity index (χ1v) is 7.77. The Bertz CT molecular complexity index is 354. The van der Waals surface area contributed by atoms with Crippen LogP contribution in [0.4, 0.5) is 0 Å². The molecule has 1 aliphatic carbocycles. The minimum Gasteiger partial charge on any atom is -0.309 e. The van der Waals surface area contributed by atoms with Gasteiger partial charge in [0.25, 0.3) is 0 Å². The van der Waals surface area contributed by atoms with E-state index in [1.807, 2.05) is 11.3 Å². The Labute approximate surface area is 110 Å². The SMILES string of the molecule is CCc1ccsc1CNC1CCCC(C)(C)C1. The van der Waals surface area contributed by atoms with Gasteiger partial charge in [0.2, 0.25) is 0 Å². The molecule has 0 spiro atoms. The molecule has 1 heterocycles. The zero-order chi connectivity index (χ0) is 12.3. The van der Waals surface area contributed by atoms with E-state index in [1.165, 1.54) is 36.1 Å². The van der Waals surface area contributed by atoms with Crippen LogP contribution in [0.5, 0.6) is 0 Å². The second kappa shape index (κ2) is 5.53. The molecule has 17 heavy (non-hydrogen) atoms. The largest absolute Gasteiger partial charge is 0.309 e. The molecule has 2 heteroatoms. The predicted octanol–water partition coefficient (Wildman–Crippen LogP) is 4.37. The van der Waals surface area contributed by atoms with Crippen molar-refractivity contribution < 1.29 is 0 Å². The lowest BCUT2D eigenvalue weighted by Crippen LogP contribution is -2.36. The molecule has 1 fully saturated rings. The molecule has 0 amide bonds. The van der Waals surface area contributed by atoms with E-state index in [9.17, 15) is 0 Å². The average Bonchev–Trinajstić information content (AvgIpc) is 2.72. The number of aryl methyl sites for hydroxylation is 1. The molecule has 1 aliphatic rings. The van der Waals surface area contributed by atoms with Crippen LogP contribution < -0.4 is 5.32 Å². The zero-order valence-corrected chi connectivity index (χ0v) is 12.2. The fraction of sp³-hybridized carbons (Fsp3) is 0.733. The summed E-state index contributed by atoms with van der Waals surface area (Å²) in [5, 5.41) is 5.99. The van der Waals surface area contributed by atoms with E-state index in [1.54, 1.807) is 0 Å². The molecular weight excluding hydrogens is 226 g/mol. The molecular formula is C15H25NS. The first kappa shape index (κ1) is 13.1. The van der Waals surface area contributed by atoms with E-state index in [4.69, 9.17) is 0 Å². The van der Waals surface area contributed by atoms with Gasteiger partial charge < -0.3 is 5.32 Å². The summed E-state index contributed by atoms with van der Waals surface area (Å²) in [6, 6.07) is 3.00. The van der Waals surface area contributed by atoms with Crippen molar-refractivity contribution in [3.8, 4) is 0 Å². The summed E-state index contributed by atoms with van der Waals surface area (Å²) >= 11 is 1.90. The minimum atomic E-state index is 0.541. The quantitative estimate of drug-likeness (QED) is 0.838. The number of hydrogen-bond acceptors (Lipinski definition) is 2. The first-order valence-electron chi connectivity index (χ1n) is 6.89. The van der Waals surface area contributed by atoms with Gasteiger partial charge in [-0.2, -0.15) is 0 Å². The summed E-state index contributed by atoms with van der Waals surface area (Å²) in [5.41, 5.74) is 2.07. The van der Waals surface area contributed by atoms with E-state index in [-0.39, 0.29) is 0 Å². The van der Waals surface area contributed by atoms with Crippen molar-refractivity contribution in [2.75, 3.05) is 0 Å². The first-order chi connectivity index (χ1) is 8.11. The molecule has 1 saturated carbocycles. The maximum Gasteiger partial charge on any atom is 0.0305 e. The van der Waals surface area contributed by atoms with Crippen molar-refractivity contribution in [2.24, 2.45) is 5.41 Å². The average molecular weight is 251 g/mol. The minimum absolute atomic E-state index is 0.541. The highest BCUT2D eigenvalue weighted by atomic mass is 32.1. The smallest absolute Gasteiger partial charge is 0.0305 e. The predicted molar refractivity (Wildman–Crippen MR) is 76.6 cm³/mol. The molecule has 0 bridgehead atoms. The van der Waals surface area contributed by atoms with Gasteiger partial charge in [-0.25, -0.2) is 0 Å². The van der Waals surface area contributed by atoms with Gasteiger partial charge in [0, 0.05) is 17.5 Å². The fourth-order valence-electron chi connectivity index (χ4n) is 2.95. The third-order valence-corrected chi connectivity index (χ3v) is 4.94. The summed E-state index contributed by atoms with van der Waals surface area (Å²) in [6.45, 7) is 8.13. The maximum atomic E-state index is 3.76. The molecule has 2 rings (SSSR count). The molecule has 1 aromatic heterocycles.